The van der Waals surface area contributed by atoms with E-state index in [9.17, 15) is 9.59 Å². The van der Waals surface area contributed by atoms with Crippen molar-refractivity contribution in [1.29, 1.82) is 0 Å². The summed E-state index contributed by atoms with van der Waals surface area (Å²) in [5.41, 5.74) is 5.04. The molecule has 2 amide bonds. The predicted octanol–water partition coefficient (Wildman–Crippen LogP) is 3.51. The van der Waals surface area contributed by atoms with Crippen LogP contribution in [0.1, 0.15) is 34.9 Å². The first kappa shape index (κ1) is 27.5. The summed E-state index contributed by atoms with van der Waals surface area (Å²) >= 11 is 0. The Morgan fingerprint density at radius 1 is 1.07 bits per heavy atom. The number of pyridine rings is 1. The van der Waals surface area contributed by atoms with Crippen molar-refractivity contribution in [3.8, 4) is 16.9 Å². The van der Waals surface area contributed by atoms with Crippen molar-refractivity contribution in [2.45, 2.75) is 25.4 Å². The summed E-state index contributed by atoms with van der Waals surface area (Å²) in [5, 5.41) is 21.5. The number of anilines is 3. The molecule has 0 atom stereocenters. The Hall–Kier alpha value is -5.30. The molecule has 5 heterocycles. The van der Waals surface area contributed by atoms with Gasteiger partial charge in [0.25, 0.3) is 5.91 Å². The Morgan fingerprint density at radius 3 is 2.73 bits per heavy atom. The maximum atomic E-state index is 12.6. The zero-order valence-electron chi connectivity index (χ0n) is 24.4. The minimum atomic E-state index is -0.410. The maximum absolute atomic E-state index is 12.6. The van der Waals surface area contributed by atoms with Crippen molar-refractivity contribution in [3.63, 3.8) is 0 Å². The molecule has 1 aliphatic heterocycles. The number of rotatable bonds is 10. The number of carbonyl (C=O) groups is 2. The topological polar surface area (TPSA) is 144 Å². The number of ether oxygens (including phenoxy) is 1. The van der Waals surface area contributed by atoms with Gasteiger partial charge in [-0.3, -0.25) is 19.2 Å². The van der Waals surface area contributed by atoms with Crippen LogP contribution in [0.5, 0.6) is 5.75 Å². The number of nitrogens with one attached hydrogen (secondary N) is 3. The van der Waals surface area contributed by atoms with Gasteiger partial charge in [0, 0.05) is 80.1 Å². The number of aromatic nitrogens is 6. The number of hydrogen-bond acceptors (Lipinski definition) is 9. The SMILES string of the molecule is CNC(=O)c1nnc(NC(=O)C2CC2)cc1Nc1cccc(-c2cnn(C3CN(Cc4cccn5ccnc45)C3)c2)c1OC. The van der Waals surface area contributed by atoms with Crippen molar-refractivity contribution in [1.82, 2.24) is 39.6 Å². The van der Waals surface area contributed by atoms with E-state index in [0.29, 0.717) is 17.1 Å². The highest BCUT2D eigenvalue weighted by Gasteiger charge is 2.31. The van der Waals surface area contributed by atoms with E-state index in [0.717, 1.165) is 49.2 Å². The summed E-state index contributed by atoms with van der Waals surface area (Å²) in [6.45, 7) is 2.61. The minimum Gasteiger partial charge on any atom is -0.494 e. The van der Waals surface area contributed by atoms with Gasteiger partial charge in [0.1, 0.15) is 11.4 Å². The molecule has 1 saturated carbocycles. The molecular weight excluding hydrogens is 560 g/mol. The third-order valence-electron chi connectivity index (χ3n) is 8.04. The smallest absolute Gasteiger partial charge is 0.273 e. The molecule has 2 aliphatic rings. The van der Waals surface area contributed by atoms with E-state index in [-0.39, 0.29) is 29.4 Å². The van der Waals surface area contributed by atoms with E-state index in [2.05, 4.69) is 47.2 Å². The lowest BCUT2D eigenvalue weighted by atomic mass is 10.1. The second kappa shape index (κ2) is 11.4. The van der Waals surface area contributed by atoms with Gasteiger partial charge in [-0.05, 0) is 25.0 Å². The van der Waals surface area contributed by atoms with E-state index in [1.807, 2.05) is 64.3 Å². The van der Waals surface area contributed by atoms with Gasteiger partial charge in [-0.15, -0.1) is 10.2 Å². The molecule has 13 nitrogen and oxygen atoms in total. The van der Waals surface area contributed by atoms with Gasteiger partial charge in [0.15, 0.2) is 11.5 Å². The summed E-state index contributed by atoms with van der Waals surface area (Å²) in [4.78, 5) is 31.8. The monoisotopic (exact) mass is 592 g/mol. The number of imidazole rings is 1. The number of methoxy groups -OCH3 is 1. The molecule has 5 aromatic rings. The fourth-order valence-corrected chi connectivity index (χ4v) is 5.52. The number of hydrogen-bond donors (Lipinski definition) is 3. The number of carbonyl (C=O) groups excluding carboxylic acids is 2. The summed E-state index contributed by atoms with van der Waals surface area (Å²) in [7, 11) is 3.13. The van der Waals surface area contributed by atoms with E-state index in [4.69, 9.17) is 4.74 Å². The Bertz CT molecular complexity index is 1850. The maximum Gasteiger partial charge on any atom is 0.273 e. The quantitative estimate of drug-likeness (QED) is 0.222. The lowest BCUT2D eigenvalue weighted by molar-refractivity contribution is -0.117. The van der Waals surface area contributed by atoms with E-state index in [1.165, 1.54) is 12.6 Å². The fraction of sp³-hybridized carbons (Fsp3) is 0.290. The zero-order chi connectivity index (χ0) is 30.2. The van der Waals surface area contributed by atoms with Gasteiger partial charge < -0.3 is 25.1 Å². The molecule has 4 aromatic heterocycles. The lowest BCUT2D eigenvalue weighted by Crippen LogP contribution is -2.47. The van der Waals surface area contributed by atoms with Crippen LogP contribution in [0.4, 0.5) is 17.2 Å². The van der Waals surface area contributed by atoms with Gasteiger partial charge in [-0.2, -0.15) is 5.10 Å². The average Bonchev–Trinajstić information content (AvgIpc) is 3.56. The first-order valence-electron chi connectivity index (χ1n) is 14.5. The molecule has 13 heteroatoms. The molecule has 1 saturated heterocycles. The van der Waals surface area contributed by atoms with E-state index >= 15 is 0 Å². The van der Waals surface area contributed by atoms with Crippen LogP contribution >= 0.6 is 0 Å². The Morgan fingerprint density at radius 2 is 1.93 bits per heavy atom. The molecule has 1 aliphatic carbocycles. The highest BCUT2D eigenvalue weighted by atomic mass is 16.5. The number of nitrogens with zero attached hydrogens (tertiary/aromatic N) is 7. The van der Waals surface area contributed by atoms with E-state index < -0.39 is 5.91 Å². The van der Waals surface area contributed by atoms with Crippen LogP contribution in [0.25, 0.3) is 16.8 Å². The second-order valence-electron chi connectivity index (χ2n) is 11.1. The average molecular weight is 593 g/mol. The molecular formula is C31H32N10O3. The molecule has 0 bridgehead atoms. The van der Waals surface area contributed by atoms with Gasteiger partial charge >= 0.3 is 0 Å². The van der Waals surface area contributed by atoms with Crippen LogP contribution in [0.15, 0.2) is 67.4 Å². The van der Waals surface area contributed by atoms with Crippen molar-refractivity contribution in [2.24, 2.45) is 5.92 Å². The van der Waals surface area contributed by atoms with Gasteiger partial charge in [0.05, 0.1) is 30.7 Å². The highest BCUT2D eigenvalue weighted by Crippen LogP contribution is 2.39. The summed E-state index contributed by atoms with van der Waals surface area (Å²) in [6.07, 6.45) is 11.4. The molecule has 0 spiro atoms. The van der Waals surface area contributed by atoms with Gasteiger partial charge in [-0.1, -0.05) is 18.2 Å². The molecule has 224 valence electrons. The highest BCUT2D eigenvalue weighted by molar-refractivity contribution is 6.00. The third-order valence-corrected chi connectivity index (χ3v) is 8.04. The third kappa shape index (κ3) is 5.33. The molecule has 44 heavy (non-hydrogen) atoms. The normalized spacial score (nSPS) is 15.1. The Kier molecular flexibility index (Phi) is 7.14. The minimum absolute atomic E-state index is 0.00428. The largest absolute Gasteiger partial charge is 0.494 e. The molecule has 1 aromatic carbocycles. The summed E-state index contributed by atoms with van der Waals surface area (Å²) < 4.78 is 9.91. The molecule has 0 radical (unpaired) electrons. The molecule has 0 unspecified atom stereocenters. The lowest BCUT2D eigenvalue weighted by Gasteiger charge is -2.39. The number of para-hydroxylation sites is 1. The molecule has 2 fully saturated rings. The zero-order valence-corrected chi connectivity index (χ0v) is 24.4. The summed E-state index contributed by atoms with van der Waals surface area (Å²) in [6, 6.07) is 11.8. The number of fused-ring (bicyclic) bond motifs is 1. The molecule has 7 rings (SSSR count). The predicted molar refractivity (Wildman–Crippen MR) is 164 cm³/mol. The Labute approximate surface area is 253 Å². The Balaban J connectivity index is 1.09. The van der Waals surface area contributed by atoms with Crippen LogP contribution in [-0.4, -0.2) is 73.3 Å². The first-order chi connectivity index (χ1) is 21.5. The van der Waals surface area contributed by atoms with Crippen molar-refractivity contribution < 1.29 is 14.3 Å². The van der Waals surface area contributed by atoms with Gasteiger partial charge in [0.2, 0.25) is 5.91 Å². The number of likely N-dealkylation sites (tertiary alicyclic amines) is 1. The van der Waals surface area contributed by atoms with Crippen LogP contribution in [0.3, 0.4) is 0 Å². The fourth-order valence-electron chi connectivity index (χ4n) is 5.52. The van der Waals surface area contributed by atoms with Crippen molar-refractivity contribution in [3.05, 3.63) is 78.6 Å². The van der Waals surface area contributed by atoms with E-state index in [1.54, 1.807) is 13.2 Å². The molecule has 3 N–H and O–H groups in total. The van der Waals surface area contributed by atoms with Crippen LogP contribution in [0.2, 0.25) is 0 Å². The second-order valence-corrected chi connectivity index (χ2v) is 11.1. The van der Waals surface area contributed by atoms with Crippen LogP contribution < -0.4 is 20.7 Å². The number of amides is 2. The van der Waals surface area contributed by atoms with Gasteiger partial charge in [-0.25, -0.2) is 4.98 Å². The van der Waals surface area contributed by atoms with Crippen molar-refractivity contribution in [2.75, 3.05) is 37.9 Å². The standard InChI is InChI=1S/C31H32N10O3/c1-32-31(43)27-25(13-26(37-38-27)36-30(42)19-8-9-19)35-24-7-3-6-23(28(24)44-2)21-14-34-41(16-21)22-17-39(18-22)15-20-5-4-11-40-12-10-33-29(20)40/h3-7,10-14,16,19,22H,8-9,15,17-18H2,1-2H3,(H,32,43)(H2,35,36,37,42). The number of benzene rings is 1. The van der Waals surface area contributed by atoms with Crippen LogP contribution in [0, 0.1) is 5.92 Å². The van der Waals surface area contributed by atoms with Crippen molar-refractivity contribution >= 4 is 34.7 Å². The first-order valence-corrected chi connectivity index (χ1v) is 14.5. The summed E-state index contributed by atoms with van der Waals surface area (Å²) in [5.74, 6) is 0.347. The van der Waals surface area contributed by atoms with Crippen LogP contribution in [-0.2, 0) is 11.3 Å².